The van der Waals surface area contributed by atoms with Crippen LogP contribution in [-0.4, -0.2) is 61.0 Å². The number of piperidine rings is 1. The zero-order chi connectivity index (χ0) is 21.8. The highest BCUT2D eigenvalue weighted by Gasteiger charge is 2.45. The Morgan fingerprint density at radius 2 is 1.83 bits per heavy atom. The van der Waals surface area contributed by atoms with Gasteiger partial charge in [-0.3, -0.25) is 4.79 Å². The maximum Gasteiger partial charge on any atom is 0.417 e. The van der Waals surface area contributed by atoms with E-state index in [4.69, 9.17) is 14.2 Å². The second-order valence-electron chi connectivity index (χ2n) is 9.11. The Morgan fingerprint density at radius 1 is 1.17 bits per heavy atom. The largest absolute Gasteiger partial charge is 0.494 e. The van der Waals surface area contributed by atoms with Crippen LogP contribution in [0.3, 0.4) is 0 Å². The fourth-order valence-corrected chi connectivity index (χ4v) is 3.76. The summed E-state index contributed by atoms with van der Waals surface area (Å²) in [6, 6.07) is 8.18. The molecule has 2 amide bonds. The van der Waals surface area contributed by atoms with E-state index in [-0.39, 0.29) is 19.1 Å². The average molecular weight is 419 g/mol. The van der Waals surface area contributed by atoms with Crippen LogP contribution in [-0.2, 0) is 14.3 Å². The second kappa shape index (κ2) is 9.25. The predicted molar refractivity (Wildman–Crippen MR) is 115 cm³/mol. The first kappa shape index (κ1) is 22.4. The van der Waals surface area contributed by atoms with E-state index in [1.54, 1.807) is 20.8 Å². The van der Waals surface area contributed by atoms with E-state index >= 15 is 0 Å². The van der Waals surface area contributed by atoms with Crippen LogP contribution in [0.5, 0.6) is 5.75 Å². The minimum absolute atomic E-state index is 0.0803. The van der Waals surface area contributed by atoms with E-state index in [2.05, 4.69) is 24.0 Å². The molecule has 0 aromatic heterocycles. The van der Waals surface area contributed by atoms with Crippen molar-refractivity contribution in [3.63, 3.8) is 0 Å². The minimum Gasteiger partial charge on any atom is -0.494 e. The summed E-state index contributed by atoms with van der Waals surface area (Å²) in [6.45, 7) is 10.0. The Kier molecular flexibility index (Phi) is 6.91. The van der Waals surface area contributed by atoms with Crippen LogP contribution < -0.4 is 9.64 Å². The number of rotatable bonds is 5. The molecular weight excluding hydrogens is 384 g/mol. The summed E-state index contributed by atoms with van der Waals surface area (Å²) in [5.74, 6) is 0.554. The number of benzene rings is 1. The molecule has 1 aromatic carbocycles. The molecule has 0 bridgehead atoms. The topological polar surface area (TPSA) is 68.3 Å². The number of nitrogens with zero attached hydrogens (tertiary/aromatic N) is 2. The summed E-state index contributed by atoms with van der Waals surface area (Å²) in [5, 5.41) is 0. The number of carbonyl (C=O) groups excluding carboxylic acids is 2. The molecule has 166 valence electrons. The number of imide groups is 1. The van der Waals surface area contributed by atoms with Gasteiger partial charge in [-0.1, -0.05) is 13.3 Å². The van der Waals surface area contributed by atoms with Gasteiger partial charge in [-0.15, -0.1) is 0 Å². The zero-order valence-electron chi connectivity index (χ0n) is 18.6. The Labute approximate surface area is 179 Å². The van der Waals surface area contributed by atoms with E-state index in [0.29, 0.717) is 0 Å². The lowest BCUT2D eigenvalue weighted by Crippen LogP contribution is -2.60. The highest BCUT2D eigenvalue weighted by molar-refractivity contribution is 5.93. The van der Waals surface area contributed by atoms with Crippen molar-refractivity contribution in [3.05, 3.63) is 24.3 Å². The maximum absolute atomic E-state index is 12.5. The van der Waals surface area contributed by atoms with Crippen molar-refractivity contribution in [3.8, 4) is 5.75 Å². The van der Waals surface area contributed by atoms with Gasteiger partial charge in [0.25, 0.3) is 5.91 Å². The lowest BCUT2D eigenvalue weighted by molar-refractivity contribution is -0.164. The van der Waals surface area contributed by atoms with Crippen LogP contribution in [0.4, 0.5) is 10.5 Å². The molecular formula is C23H34N2O5. The predicted octanol–water partition coefficient (Wildman–Crippen LogP) is 4.00. The number of carbonyl (C=O) groups is 2. The van der Waals surface area contributed by atoms with Gasteiger partial charge in [0, 0.05) is 18.8 Å². The molecule has 0 unspecified atom stereocenters. The third-order valence-electron chi connectivity index (χ3n) is 5.51. The Hall–Kier alpha value is -2.28. The fraction of sp³-hybridized carbons (Fsp3) is 0.652. The van der Waals surface area contributed by atoms with Crippen molar-refractivity contribution in [2.24, 2.45) is 0 Å². The number of hydrogen-bond acceptors (Lipinski definition) is 6. The normalized spacial score (nSPS) is 19.1. The molecule has 2 heterocycles. The van der Waals surface area contributed by atoms with Crippen molar-refractivity contribution in [2.75, 3.05) is 37.7 Å². The second-order valence-corrected chi connectivity index (χ2v) is 9.11. The summed E-state index contributed by atoms with van der Waals surface area (Å²) < 4.78 is 17.1. The van der Waals surface area contributed by atoms with Crippen LogP contribution in [0.25, 0.3) is 0 Å². The average Bonchev–Trinajstić information content (AvgIpc) is 2.70. The van der Waals surface area contributed by atoms with Crippen molar-refractivity contribution in [1.82, 2.24) is 4.90 Å². The number of anilines is 1. The summed E-state index contributed by atoms with van der Waals surface area (Å²) in [4.78, 5) is 28.2. The number of amides is 2. The minimum atomic E-state index is -0.640. The number of unbranched alkanes of at least 4 members (excludes halogenated alkanes) is 1. The molecule has 0 radical (unpaired) electrons. The molecule has 2 fully saturated rings. The third-order valence-corrected chi connectivity index (χ3v) is 5.51. The summed E-state index contributed by atoms with van der Waals surface area (Å²) in [7, 11) is 0. The smallest absolute Gasteiger partial charge is 0.417 e. The molecule has 30 heavy (non-hydrogen) atoms. The van der Waals surface area contributed by atoms with Gasteiger partial charge in [-0.25, -0.2) is 9.69 Å². The first-order chi connectivity index (χ1) is 14.2. The number of hydrogen-bond donors (Lipinski definition) is 0. The van der Waals surface area contributed by atoms with Crippen molar-refractivity contribution in [1.29, 1.82) is 0 Å². The molecule has 0 N–H and O–H groups in total. The van der Waals surface area contributed by atoms with Gasteiger partial charge in [-0.05, 0) is 64.3 Å². The summed E-state index contributed by atoms with van der Waals surface area (Å²) in [6.07, 6.45) is 3.07. The molecule has 7 nitrogen and oxygen atoms in total. The SMILES string of the molecule is CCCCOc1ccc(N2CCC3(CC2)CN(C(=O)OC(C)(C)C)C(=O)CO3)cc1. The van der Waals surface area contributed by atoms with E-state index in [9.17, 15) is 9.59 Å². The van der Waals surface area contributed by atoms with Crippen LogP contribution in [0.15, 0.2) is 24.3 Å². The highest BCUT2D eigenvalue weighted by Crippen LogP contribution is 2.33. The number of morpholine rings is 1. The quantitative estimate of drug-likeness (QED) is 0.674. The molecule has 2 saturated heterocycles. The van der Waals surface area contributed by atoms with Gasteiger partial charge in [0.15, 0.2) is 0 Å². The van der Waals surface area contributed by atoms with Crippen LogP contribution in [0.1, 0.15) is 53.4 Å². The molecule has 1 aromatic rings. The lowest BCUT2D eigenvalue weighted by atomic mass is 9.89. The molecule has 2 aliphatic rings. The molecule has 0 atom stereocenters. The third kappa shape index (κ3) is 5.65. The molecule has 7 heteroatoms. The Balaban J connectivity index is 1.57. The first-order valence-corrected chi connectivity index (χ1v) is 10.9. The molecule has 2 aliphatic heterocycles. The van der Waals surface area contributed by atoms with Gasteiger partial charge in [0.2, 0.25) is 0 Å². The van der Waals surface area contributed by atoms with Crippen LogP contribution in [0, 0.1) is 0 Å². The monoisotopic (exact) mass is 418 g/mol. The van der Waals surface area contributed by atoms with Crippen molar-refractivity contribution < 1.29 is 23.8 Å². The summed E-state index contributed by atoms with van der Waals surface area (Å²) >= 11 is 0. The van der Waals surface area contributed by atoms with Gasteiger partial charge < -0.3 is 19.1 Å². The van der Waals surface area contributed by atoms with E-state index in [1.165, 1.54) is 4.90 Å². The fourth-order valence-electron chi connectivity index (χ4n) is 3.76. The molecule has 0 saturated carbocycles. The zero-order valence-corrected chi connectivity index (χ0v) is 18.6. The van der Waals surface area contributed by atoms with Gasteiger partial charge >= 0.3 is 6.09 Å². The molecule has 1 spiro atoms. The standard InChI is InChI=1S/C23H34N2O5/c1-5-6-15-28-19-9-7-18(8-10-19)24-13-11-23(12-14-24)17-25(20(26)16-29-23)21(27)30-22(2,3)4/h7-10H,5-6,11-17H2,1-4H3. The first-order valence-electron chi connectivity index (χ1n) is 10.9. The lowest BCUT2D eigenvalue weighted by Gasteiger charge is -2.46. The Bertz CT molecular complexity index is 733. The Morgan fingerprint density at radius 3 is 2.43 bits per heavy atom. The van der Waals surface area contributed by atoms with Crippen molar-refractivity contribution in [2.45, 2.75) is 64.6 Å². The van der Waals surface area contributed by atoms with Gasteiger partial charge in [-0.2, -0.15) is 0 Å². The molecule has 0 aliphatic carbocycles. The van der Waals surface area contributed by atoms with Gasteiger partial charge in [0.05, 0.1) is 18.8 Å². The highest BCUT2D eigenvalue weighted by atomic mass is 16.6. The van der Waals surface area contributed by atoms with Gasteiger partial charge in [0.1, 0.15) is 18.0 Å². The van der Waals surface area contributed by atoms with Crippen molar-refractivity contribution >= 4 is 17.7 Å². The van der Waals surface area contributed by atoms with E-state index in [0.717, 1.165) is 56.8 Å². The summed E-state index contributed by atoms with van der Waals surface area (Å²) in [5.41, 5.74) is 0.00642. The van der Waals surface area contributed by atoms with E-state index < -0.39 is 17.3 Å². The number of ether oxygens (including phenoxy) is 3. The maximum atomic E-state index is 12.5. The van der Waals surface area contributed by atoms with Crippen LogP contribution >= 0.6 is 0 Å². The van der Waals surface area contributed by atoms with Crippen LogP contribution in [0.2, 0.25) is 0 Å². The molecule has 3 rings (SSSR count). The van der Waals surface area contributed by atoms with E-state index in [1.807, 2.05) is 12.1 Å².